The predicted molar refractivity (Wildman–Crippen MR) is 95.6 cm³/mol. The Morgan fingerprint density at radius 2 is 2.12 bits per heavy atom. The van der Waals surface area contributed by atoms with Gasteiger partial charge in [-0.2, -0.15) is 0 Å². The molecule has 0 spiro atoms. The van der Waals surface area contributed by atoms with E-state index in [1.54, 1.807) is 6.20 Å². The van der Waals surface area contributed by atoms with Gasteiger partial charge in [0.2, 0.25) is 0 Å². The van der Waals surface area contributed by atoms with Crippen LogP contribution < -0.4 is 5.32 Å². The number of halogens is 1. The standard InChI is InChI=1S/C18H20BrN3O2/c1-24-18(23)16-12-20-7-8-22(16)17(13-5-3-2-4-6-13)14-9-15(19)11-21-10-14/h2-6,9-11,16-17,20H,7-8,12H2,1H3. The average molecular weight is 390 g/mol. The van der Waals surface area contributed by atoms with Gasteiger partial charge >= 0.3 is 5.97 Å². The molecule has 0 aliphatic carbocycles. The van der Waals surface area contributed by atoms with Crippen molar-refractivity contribution in [2.45, 2.75) is 12.1 Å². The maximum Gasteiger partial charge on any atom is 0.324 e. The molecule has 1 aliphatic rings. The molecule has 5 nitrogen and oxygen atoms in total. The number of pyridine rings is 1. The van der Waals surface area contributed by atoms with E-state index in [4.69, 9.17) is 4.74 Å². The molecule has 0 radical (unpaired) electrons. The fourth-order valence-corrected chi connectivity index (χ4v) is 3.55. The van der Waals surface area contributed by atoms with Gasteiger partial charge in [0.1, 0.15) is 6.04 Å². The summed E-state index contributed by atoms with van der Waals surface area (Å²) in [5.41, 5.74) is 2.18. The number of hydrogen-bond acceptors (Lipinski definition) is 5. The van der Waals surface area contributed by atoms with Crippen LogP contribution in [0.15, 0.2) is 53.3 Å². The zero-order chi connectivity index (χ0) is 16.9. The molecule has 1 fully saturated rings. The van der Waals surface area contributed by atoms with E-state index in [1.807, 2.05) is 24.4 Å². The molecule has 1 aromatic heterocycles. The van der Waals surface area contributed by atoms with Gasteiger partial charge in [0.15, 0.2) is 0 Å². The lowest BCUT2D eigenvalue weighted by molar-refractivity contribution is -0.148. The summed E-state index contributed by atoms with van der Waals surface area (Å²) in [6.45, 7) is 2.17. The third kappa shape index (κ3) is 3.66. The lowest BCUT2D eigenvalue weighted by Crippen LogP contribution is -2.56. The van der Waals surface area contributed by atoms with E-state index in [-0.39, 0.29) is 18.1 Å². The molecule has 0 saturated carbocycles. The van der Waals surface area contributed by atoms with E-state index in [0.717, 1.165) is 28.7 Å². The third-order valence-electron chi connectivity index (χ3n) is 4.25. The van der Waals surface area contributed by atoms with Gasteiger partial charge in [-0.25, -0.2) is 0 Å². The molecule has 6 heteroatoms. The van der Waals surface area contributed by atoms with Crippen molar-refractivity contribution in [1.29, 1.82) is 0 Å². The smallest absolute Gasteiger partial charge is 0.324 e. The van der Waals surface area contributed by atoms with Gasteiger partial charge in [-0.05, 0) is 33.1 Å². The second-order valence-electron chi connectivity index (χ2n) is 5.73. The minimum absolute atomic E-state index is 0.0533. The monoisotopic (exact) mass is 389 g/mol. The number of benzene rings is 1. The van der Waals surface area contributed by atoms with E-state index in [0.29, 0.717) is 6.54 Å². The molecule has 1 N–H and O–H groups in total. The molecule has 1 saturated heterocycles. The van der Waals surface area contributed by atoms with Gasteiger partial charge in [0.05, 0.1) is 13.2 Å². The van der Waals surface area contributed by atoms with Crippen LogP contribution in [0.2, 0.25) is 0 Å². The topological polar surface area (TPSA) is 54.5 Å². The Kier molecular flexibility index (Phi) is 5.60. The predicted octanol–water partition coefficient (Wildman–Crippen LogP) is 2.38. The Bertz CT molecular complexity index is 696. The average Bonchev–Trinajstić information content (AvgIpc) is 2.63. The highest BCUT2D eigenvalue weighted by atomic mass is 79.9. The van der Waals surface area contributed by atoms with Crippen molar-refractivity contribution < 1.29 is 9.53 Å². The summed E-state index contributed by atoms with van der Waals surface area (Å²) in [6.07, 6.45) is 3.62. The Morgan fingerprint density at radius 1 is 1.33 bits per heavy atom. The van der Waals surface area contributed by atoms with Gasteiger partial charge in [-0.1, -0.05) is 30.3 Å². The molecule has 2 atom stereocenters. The minimum atomic E-state index is -0.326. The summed E-state index contributed by atoms with van der Waals surface area (Å²) < 4.78 is 5.94. The van der Waals surface area contributed by atoms with Crippen molar-refractivity contribution in [2.24, 2.45) is 0 Å². The molecule has 1 aromatic carbocycles. The summed E-state index contributed by atoms with van der Waals surface area (Å²) in [4.78, 5) is 18.8. The van der Waals surface area contributed by atoms with Gasteiger partial charge in [-0.3, -0.25) is 14.7 Å². The molecule has 0 amide bonds. The number of aromatic nitrogens is 1. The third-order valence-corrected chi connectivity index (χ3v) is 4.68. The first-order chi connectivity index (χ1) is 11.7. The lowest BCUT2D eigenvalue weighted by Gasteiger charge is -2.40. The normalized spacial score (nSPS) is 19.7. The zero-order valence-corrected chi connectivity index (χ0v) is 15.1. The summed E-state index contributed by atoms with van der Waals surface area (Å²) in [5, 5.41) is 3.28. The van der Waals surface area contributed by atoms with E-state index in [2.05, 4.69) is 49.3 Å². The molecule has 126 valence electrons. The van der Waals surface area contributed by atoms with E-state index >= 15 is 0 Å². The van der Waals surface area contributed by atoms with Crippen molar-refractivity contribution in [2.75, 3.05) is 26.7 Å². The van der Waals surface area contributed by atoms with E-state index < -0.39 is 0 Å². The second kappa shape index (κ2) is 7.88. The van der Waals surface area contributed by atoms with Gasteiger partial charge in [-0.15, -0.1) is 0 Å². The minimum Gasteiger partial charge on any atom is -0.468 e. The number of methoxy groups -OCH3 is 1. The van der Waals surface area contributed by atoms with Gasteiger partial charge < -0.3 is 10.1 Å². The summed E-state index contributed by atoms with van der Waals surface area (Å²) in [7, 11) is 1.44. The van der Waals surface area contributed by atoms with Crippen LogP contribution in [0, 0.1) is 0 Å². The van der Waals surface area contributed by atoms with Gasteiger partial charge in [0.25, 0.3) is 0 Å². The van der Waals surface area contributed by atoms with Crippen LogP contribution in [-0.2, 0) is 9.53 Å². The highest BCUT2D eigenvalue weighted by Gasteiger charge is 2.35. The van der Waals surface area contributed by atoms with Crippen LogP contribution in [-0.4, -0.2) is 48.6 Å². The van der Waals surface area contributed by atoms with Crippen molar-refractivity contribution in [1.82, 2.24) is 15.2 Å². The van der Waals surface area contributed by atoms with Gasteiger partial charge in [0, 0.05) is 36.5 Å². The molecule has 2 heterocycles. The molecule has 2 unspecified atom stereocenters. The number of rotatable bonds is 4. The first kappa shape index (κ1) is 17.1. The van der Waals surface area contributed by atoms with Crippen LogP contribution >= 0.6 is 15.9 Å². The first-order valence-electron chi connectivity index (χ1n) is 7.90. The number of nitrogens with one attached hydrogen (secondary N) is 1. The van der Waals surface area contributed by atoms with Crippen LogP contribution in [0.4, 0.5) is 0 Å². The summed E-state index contributed by atoms with van der Waals surface area (Å²) >= 11 is 3.50. The number of carbonyl (C=O) groups is 1. The summed E-state index contributed by atoms with van der Waals surface area (Å²) in [6, 6.07) is 11.9. The molecule has 24 heavy (non-hydrogen) atoms. The maximum absolute atomic E-state index is 12.3. The number of nitrogens with zero attached hydrogens (tertiary/aromatic N) is 2. The van der Waals surface area contributed by atoms with Crippen LogP contribution in [0.5, 0.6) is 0 Å². The van der Waals surface area contributed by atoms with Crippen molar-refractivity contribution in [3.05, 3.63) is 64.4 Å². The number of carbonyl (C=O) groups excluding carboxylic acids is 1. The van der Waals surface area contributed by atoms with Crippen molar-refractivity contribution >= 4 is 21.9 Å². The van der Waals surface area contributed by atoms with Crippen LogP contribution in [0.1, 0.15) is 17.2 Å². The molecule has 2 aromatic rings. The zero-order valence-electron chi connectivity index (χ0n) is 13.5. The fraction of sp³-hybridized carbons (Fsp3) is 0.333. The molecule has 0 bridgehead atoms. The maximum atomic E-state index is 12.3. The SMILES string of the molecule is COC(=O)C1CNCCN1C(c1ccccc1)c1cncc(Br)c1. The number of ether oxygens (including phenoxy) is 1. The van der Waals surface area contributed by atoms with E-state index in [9.17, 15) is 4.79 Å². The highest BCUT2D eigenvalue weighted by molar-refractivity contribution is 9.10. The van der Waals surface area contributed by atoms with E-state index in [1.165, 1.54) is 7.11 Å². The molecular formula is C18H20BrN3O2. The first-order valence-corrected chi connectivity index (χ1v) is 8.69. The number of piperazine rings is 1. The molecule has 3 rings (SSSR count). The quantitative estimate of drug-likeness (QED) is 0.813. The molecular weight excluding hydrogens is 370 g/mol. The Balaban J connectivity index is 2.05. The molecule has 1 aliphatic heterocycles. The number of esters is 1. The Labute approximate surface area is 150 Å². The Morgan fingerprint density at radius 3 is 2.83 bits per heavy atom. The van der Waals surface area contributed by atoms with Crippen LogP contribution in [0.25, 0.3) is 0 Å². The largest absolute Gasteiger partial charge is 0.468 e. The second-order valence-corrected chi connectivity index (χ2v) is 6.65. The highest BCUT2D eigenvalue weighted by Crippen LogP contribution is 2.32. The fourth-order valence-electron chi connectivity index (χ4n) is 3.17. The Hall–Kier alpha value is -1.76. The summed E-state index contributed by atoms with van der Waals surface area (Å²) in [5.74, 6) is -0.217. The van der Waals surface area contributed by atoms with Crippen LogP contribution in [0.3, 0.4) is 0 Å². The van der Waals surface area contributed by atoms with Crippen molar-refractivity contribution in [3.63, 3.8) is 0 Å². The lowest BCUT2D eigenvalue weighted by atomic mass is 9.96. The van der Waals surface area contributed by atoms with Crippen molar-refractivity contribution in [3.8, 4) is 0 Å². The number of hydrogen-bond donors (Lipinski definition) is 1.